The summed E-state index contributed by atoms with van der Waals surface area (Å²) in [6, 6.07) is 35.4. The maximum absolute atomic E-state index is 13.6. The van der Waals surface area contributed by atoms with E-state index in [0.29, 0.717) is 38.6 Å². The monoisotopic (exact) mass is 758 g/mol. The van der Waals surface area contributed by atoms with Crippen molar-refractivity contribution >= 4 is 29.6 Å². The van der Waals surface area contributed by atoms with E-state index in [-0.39, 0.29) is 43.5 Å². The summed E-state index contributed by atoms with van der Waals surface area (Å²) < 4.78 is 5.44. The van der Waals surface area contributed by atoms with Gasteiger partial charge in [0.25, 0.3) is 11.8 Å². The minimum Gasteiger partial charge on any atom is -0.497 e. The van der Waals surface area contributed by atoms with Crippen LogP contribution in [0, 0.1) is 0 Å². The van der Waals surface area contributed by atoms with Gasteiger partial charge in [-0.25, -0.2) is 4.79 Å². The SMILES string of the molecule is COc1ccc(C(NCCCC[C@H](NC(=O)[C@H](Cc2ccccc2)NC(=O)CCCCCN2C(=O)C=CC2=O)C(=O)O)(c2ccccc2)c2ccccc2)cc1. The molecule has 0 aromatic heterocycles. The number of aliphatic carboxylic acids is 1. The summed E-state index contributed by atoms with van der Waals surface area (Å²) in [6.07, 6.45) is 5.79. The molecule has 4 N–H and O–H groups in total. The van der Waals surface area contributed by atoms with Gasteiger partial charge in [0.15, 0.2) is 0 Å². The molecule has 2 atom stereocenters. The molecule has 11 nitrogen and oxygen atoms in total. The van der Waals surface area contributed by atoms with Crippen molar-refractivity contribution in [3.8, 4) is 5.75 Å². The number of benzene rings is 4. The predicted molar refractivity (Wildman–Crippen MR) is 214 cm³/mol. The molecule has 56 heavy (non-hydrogen) atoms. The molecule has 0 bridgehead atoms. The second-order valence-corrected chi connectivity index (χ2v) is 13.8. The Morgan fingerprint density at radius 1 is 0.679 bits per heavy atom. The maximum Gasteiger partial charge on any atom is 0.326 e. The second-order valence-electron chi connectivity index (χ2n) is 13.8. The van der Waals surface area contributed by atoms with Crippen LogP contribution < -0.4 is 20.7 Å². The molecule has 1 heterocycles. The van der Waals surface area contributed by atoms with E-state index in [1.54, 1.807) is 7.11 Å². The lowest BCUT2D eigenvalue weighted by Crippen LogP contribution is -2.52. The number of nitrogens with one attached hydrogen (secondary N) is 3. The van der Waals surface area contributed by atoms with Crippen LogP contribution in [0.4, 0.5) is 0 Å². The molecule has 4 aromatic carbocycles. The van der Waals surface area contributed by atoms with Crippen LogP contribution in [0.2, 0.25) is 0 Å². The van der Waals surface area contributed by atoms with Crippen molar-refractivity contribution in [3.63, 3.8) is 0 Å². The molecule has 5 rings (SSSR count). The van der Waals surface area contributed by atoms with E-state index in [0.717, 1.165) is 28.0 Å². The summed E-state index contributed by atoms with van der Waals surface area (Å²) >= 11 is 0. The number of unbranched alkanes of at least 4 members (excludes halogenated alkanes) is 3. The molecule has 0 fully saturated rings. The van der Waals surface area contributed by atoms with Crippen LogP contribution in [0.25, 0.3) is 0 Å². The smallest absolute Gasteiger partial charge is 0.326 e. The number of amides is 4. The first-order valence-corrected chi connectivity index (χ1v) is 19.1. The Bertz CT molecular complexity index is 1880. The lowest BCUT2D eigenvalue weighted by atomic mass is 9.77. The van der Waals surface area contributed by atoms with Crippen LogP contribution in [-0.4, -0.2) is 71.9 Å². The van der Waals surface area contributed by atoms with Gasteiger partial charge in [-0.2, -0.15) is 0 Å². The Morgan fingerprint density at radius 2 is 1.25 bits per heavy atom. The normalized spacial score (nSPS) is 13.6. The van der Waals surface area contributed by atoms with Crippen molar-refractivity contribution in [2.24, 2.45) is 0 Å². The Balaban J connectivity index is 1.19. The molecule has 0 aliphatic carbocycles. The Morgan fingerprint density at radius 3 is 1.82 bits per heavy atom. The van der Waals surface area contributed by atoms with E-state index in [2.05, 4.69) is 40.2 Å². The maximum atomic E-state index is 13.6. The molecule has 0 saturated carbocycles. The molecule has 0 saturated heterocycles. The fourth-order valence-corrected chi connectivity index (χ4v) is 7.01. The lowest BCUT2D eigenvalue weighted by Gasteiger charge is -2.37. The van der Waals surface area contributed by atoms with Gasteiger partial charge in [-0.1, -0.05) is 110 Å². The Kier molecular flexibility index (Phi) is 15.1. The van der Waals surface area contributed by atoms with E-state index in [4.69, 9.17) is 4.74 Å². The number of ether oxygens (including phenoxy) is 1. The zero-order valence-electron chi connectivity index (χ0n) is 31.7. The van der Waals surface area contributed by atoms with Gasteiger partial charge in [-0.05, 0) is 73.0 Å². The molecule has 292 valence electrons. The minimum atomic E-state index is -1.15. The average Bonchev–Trinajstić information content (AvgIpc) is 3.55. The minimum absolute atomic E-state index is 0.137. The lowest BCUT2D eigenvalue weighted by molar-refractivity contribution is -0.142. The van der Waals surface area contributed by atoms with Crippen molar-refractivity contribution in [1.82, 2.24) is 20.9 Å². The van der Waals surface area contributed by atoms with Crippen LogP contribution in [0.15, 0.2) is 127 Å². The molecule has 1 aliphatic heterocycles. The first kappa shape index (κ1) is 41.1. The van der Waals surface area contributed by atoms with E-state index in [9.17, 15) is 29.1 Å². The summed E-state index contributed by atoms with van der Waals surface area (Å²) in [6.45, 7) is 0.825. The van der Waals surface area contributed by atoms with E-state index >= 15 is 0 Å². The number of carbonyl (C=O) groups excluding carboxylic acids is 4. The van der Waals surface area contributed by atoms with Gasteiger partial charge >= 0.3 is 5.97 Å². The van der Waals surface area contributed by atoms with Crippen molar-refractivity contribution in [2.45, 2.75) is 69.0 Å². The molecule has 4 aromatic rings. The molecule has 0 unspecified atom stereocenters. The van der Waals surface area contributed by atoms with E-state index in [1.165, 1.54) is 17.1 Å². The summed E-state index contributed by atoms with van der Waals surface area (Å²) in [4.78, 5) is 63.8. The van der Waals surface area contributed by atoms with Crippen LogP contribution in [-0.2, 0) is 35.9 Å². The summed E-state index contributed by atoms with van der Waals surface area (Å²) in [5, 5.41) is 19.5. The van der Waals surface area contributed by atoms with Crippen molar-refractivity contribution in [2.75, 3.05) is 20.2 Å². The molecular weight excluding hydrogens is 709 g/mol. The Labute approximate surface area is 328 Å². The fraction of sp³-hybridized carbons (Fsp3) is 0.311. The van der Waals surface area contributed by atoms with E-state index in [1.807, 2.05) is 91.0 Å². The molecular formula is C45H50N4O7. The fourth-order valence-electron chi connectivity index (χ4n) is 7.01. The molecule has 4 amide bonds. The standard InChI is InChI=1S/C45H50N4O7/c1-56-37-26-24-36(25-27-37)45(34-18-8-3-9-19-34,35-20-10-4-11-21-35)46-30-14-13-22-38(44(54)55)48-43(53)39(32-33-16-6-2-7-17-33)47-40(50)23-12-5-15-31-49-41(51)28-29-42(49)52/h2-4,6-11,16-21,24-29,38-39,46H,5,12-15,22-23,30-32H2,1H3,(H,47,50)(H,48,53)(H,54,55)/t38-,39-/m0/s1. The molecule has 0 spiro atoms. The number of methoxy groups -OCH3 is 1. The van der Waals surface area contributed by atoms with Crippen molar-refractivity contribution < 1.29 is 33.8 Å². The number of hydrogen-bond acceptors (Lipinski definition) is 7. The number of nitrogens with zero attached hydrogens (tertiary/aromatic N) is 1. The number of hydrogen-bond donors (Lipinski definition) is 4. The highest BCUT2D eigenvalue weighted by Crippen LogP contribution is 2.37. The zero-order chi connectivity index (χ0) is 39.8. The number of carboxylic acid groups (broad SMARTS) is 1. The number of rotatable bonds is 22. The van der Waals surface area contributed by atoms with E-state index < -0.39 is 29.5 Å². The molecule has 0 radical (unpaired) electrons. The van der Waals surface area contributed by atoms with Gasteiger partial charge in [0.1, 0.15) is 17.8 Å². The second kappa shape index (κ2) is 20.6. The molecule has 11 heteroatoms. The van der Waals surface area contributed by atoms with Crippen LogP contribution in [0.5, 0.6) is 5.75 Å². The highest BCUT2D eigenvalue weighted by Gasteiger charge is 2.36. The van der Waals surface area contributed by atoms with Crippen LogP contribution >= 0.6 is 0 Å². The third-order valence-corrected chi connectivity index (χ3v) is 9.98. The van der Waals surface area contributed by atoms with Gasteiger partial charge in [-0.15, -0.1) is 0 Å². The third kappa shape index (κ3) is 11.0. The zero-order valence-corrected chi connectivity index (χ0v) is 31.7. The third-order valence-electron chi connectivity index (χ3n) is 9.98. The first-order valence-electron chi connectivity index (χ1n) is 19.1. The molecule has 1 aliphatic rings. The summed E-state index contributed by atoms with van der Waals surface area (Å²) in [5.41, 5.74) is 3.22. The van der Waals surface area contributed by atoms with Crippen molar-refractivity contribution in [3.05, 3.63) is 150 Å². The quantitative estimate of drug-likeness (QED) is 0.0464. The van der Waals surface area contributed by atoms with Gasteiger partial charge < -0.3 is 20.5 Å². The van der Waals surface area contributed by atoms with Gasteiger partial charge in [0, 0.05) is 31.5 Å². The average molecular weight is 759 g/mol. The van der Waals surface area contributed by atoms with Gasteiger partial charge in [0.05, 0.1) is 12.6 Å². The highest BCUT2D eigenvalue weighted by atomic mass is 16.5. The predicted octanol–water partition coefficient (Wildman–Crippen LogP) is 5.53. The first-order chi connectivity index (χ1) is 27.2. The van der Waals surface area contributed by atoms with Gasteiger partial charge in [-0.3, -0.25) is 29.4 Å². The highest BCUT2D eigenvalue weighted by molar-refractivity contribution is 6.12. The largest absolute Gasteiger partial charge is 0.497 e. The summed E-state index contributed by atoms with van der Waals surface area (Å²) in [5.74, 6) is -1.99. The topological polar surface area (TPSA) is 154 Å². The number of carboxylic acids is 1. The number of imide groups is 1. The van der Waals surface area contributed by atoms with Gasteiger partial charge in [0.2, 0.25) is 11.8 Å². The Hall–Kier alpha value is -6.07. The van der Waals surface area contributed by atoms with Crippen molar-refractivity contribution in [1.29, 1.82) is 0 Å². The van der Waals surface area contributed by atoms with Crippen LogP contribution in [0.1, 0.15) is 67.2 Å². The van der Waals surface area contributed by atoms with Crippen LogP contribution in [0.3, 0.4) is 0 Å². The number of carbonyl (C=O) groups is 5. The summed E-state index contributed by atoms with van der Waals surface area (Å²) in [7, 11) is 1.64.